The smallest absolute Gasteiger partial charge is 0.0566 e. The molecule has 68 heavy (non-hydrogen) atoms. The van der Waals surface area contributed by atoms with Crippen molar-refractivity contribution < 1.29 is 0 Å². The first-order chi connectivity index (χ1) is 33.7. The Hall–Kier alpha value is -8.46. The Kier molecular flexibility index (Phi) is 12.1. The van der Waals surface area contributed by atoms with Gasteiger partial charge < -0.3 is 9.80 Å². The van der Waals surface area contributed by atoms with Crippen molar-refractivity contribution >= 4 is 33.9 Å². The second-order valence-corrected chi connectivity index (χ2v) is 17.6. The first-order valence-electron chi connectivity index (χ1n) is 23.8. The van der Waals surface area contributed by atoms with Crippen LogP contribution in [0.15, 0.2) is 285 Å². The van der Waals surface area contributed by atoms with Crippen LogP contribution in [0, 0.1) is 0 Å². The summed E-state index contributed by atoms with van der Waals surface area (Å²) in [5, 5.41) is 0. The van der Waals surface area contributed by atoms with Gasteiger partial charge in [0, 0.05) is 34.4 Å². The molecule has 0 N–H and O–H groups in total. The normalized spacial score (nSPS) is 15.4. The predicted octanol–water partition coefficient (Wildman–Crippen LogP) is 17.5. The maximum atomic E-state index is 2.55. The number of allylic oxidation sites excluding steroid dienone is 5. The first kappa shape index (κ1) is 42.2. The monoisotopic (exact) mass is 872 g/mol. The number of para-hydroxylation sites is 1. The van der Waals surface area contributed by atoms with Gasteiger partial charge in [-0.1, -0.05) is 224 Å². The van der Waals surface area contributed by atoms with Gasteiger partial charge in [-0.3, -0.25) is 0 Å². The molecule has 2 atom stereocenters. The van der Waals surface area contributed by atoms with Crippen LogP contribution in [0.1, 0.15) is 35.4 Å². The van der Waals surface area contributed by atoms with E-state index in [0.29, 0.717) is 5.92 Å². The van der Waals surface area contributed by atoms with E-state index in [0.717, 1.165) is 29.9 Å². The van der Waals surface area contributed by atoms with Crippen LogP contribution in [0.3, 0.4) is 0 Å². The topological polar surface area (TPSA) is 6.48 Å². The lowest BCUT2D eigenvalue weighted by molar-refractivity contribution is 0.753. The summed E-state index contributed by atoms with van der Waals surface area (Å²) in [4.78, 5) is 4.87. The van der Waals surface area contributed by atoms with Crippen molar-refractivity contribution in [2.24, 2.45) is 0 Å². The van der Waals surface area contributed by atoms with Crippen molar-refractivity contribution in [1.82, 2.24) is 0 Å². The molecule has 2 unspecified atom stereocenters. The summed E-state index contributed by atoms with van der Waals surface area (Å²) < 4.78 is 0. The van der Waals surface area contributed by atoms with Crippen LogP contribution in [0.25, 0.3) is 44.5 Å². The lowest BCUT2D eigenvalue weighted by atomic mass is 9.84. The predicted molar refractivity (Wildman–Crippen MR) is 288 cm³/mol. The number of rotatable bonds is 12. The van der Waals surface area contributed by atoms with Gasteiger partial charge in [-0.25, -0.2) is 0 Å². The Morgan fingerprint density at radius 2 is 0.721 bits per heavy atom. The number of hydrogen-bond donors (Lipinski definition) is 0. The van der Waals surface area contributed by atoms with Crippen LogP contribution in [-0.4, -0.2) is 6.04 Å². The van der Waals surface area contributed by atoms with E-state index in [1.54, 1.807) is 0 Å². The van der Waals surface area contributed by atoms with E-state index in [1.807, 2.05) is 0 Å². The number of benzene rings is 9. The van der Waals surface area contributed by atoms with E-state index < -0.39 is 0 Å². The van der Waals surface area contributed by atoms with Gasteiger partial charge in [-0.15, -0.1) is 0 Å². The van der Waals surface area contributed by atoms with Gasteiger partial charge in [0.05, 0.1) is 6.04 Å². The zero-order valence-electron chi connectivity index (χ0n) is 38.0. The molecule has 0 aliphatic heterocycles. The van der Waals surface area contributed by atoms with Gasteiger partial charge in [0.2, 0.25) is 0 Å². The molecule has 2 nitrogen and oxygen atoms in total. The van der Waals surface area contributed by atoms with Crippen LogP contribution in [0.5, 0.6) is 0 Å². The summed E-state index contributed by atoms with van der Waals surface area (Å²) >= 11 is 0. The molecule has 326 valence electrons. The molecule has 9 aromatic rings. The highest BCUT2D eigenvalue weighted by atomic mass is 15.2. The summed E-state index contributed by atoms with van der Waals surface area (Å²) in [6, 6.07) is 89.9. The standard InChI is InChI=1S/C66H52N2/c1-6-16-49(17-7-1)53-30-38-60(39-31-53)67(59-24-14-5-15-25-59)61-40-36-56(37-41-61)52-26-28-58(29-27-52)65-47-46-64(48-66(65)57-22-12-4-13-23-57)68(62-42-32-54(33-43-62)50-18-8-2-9-19-50)63-44-34-55(35-45-63)51-20-10-3-11-21-51/h1-34,36-47,55,64H,35,48H2. The van der Waals surface area contributed by atoms with E-state index in [2.05, 4.69) is 289 Å². The Bertz CT molecular complexity index is 3210. The Balaban J connectivity index is 0.884. The fourth-order valence-electron chi connectivity index (χ4n) is 9.87. The van der Waals surface area contributed by atoms with Gasteiger partial charge in [-0.2, -0.15) is 0 Å². The van der Waals surface area contributed by atoms with E-state index in [-0.39, 0.29) is 6.04 Å². The fourth-order valence-corrected chi connectivity index (χ4v) is 9.87. The quantitative estimate of drug-likeness (QED) is 0.121. The average molecular weight is 873 g/mol. The second-order valence-electron chi connectivity index (χ2n) is 17.6. The fraction of sp³-hybridized carbons (Fsp3) is 0.0606. The SMILES string of the molecule is C1=CC(c2ccccc2)CC=C1N(c1ccc(-c2ccccc2)cc1)C1C=CC(c2ccc(-c3ccc(N(c4ccccc4)c4ccc(-c5ccccc5)cc4)cc3)cc2)=C(c2ccccc2)C1. The minimum Gasteiger partial charge on any atom is -0.334 e. The molecule has 0 bridgehead atoms. The molecule has 9 aromatic carbocycles. The van der Waals surface area contributed by atoms with Crippen LogP contribution in [0.2, 0.25) is 0 Å². The van der Waals surface area contributed by atoms with Crippen molar-refractivity contribution in [3.05, 3.63) is 301 Å². The van der Waals surface area contributed by atoms with Crippen LogP contribution in [-0.2, 0) is 0 Å². The van der Waals surface area contributed by atoms with Gasteiger partial charge in [0.15, 0.2) is 0 Å². The van der Waals surface area contributed by atoms with Gasteiger partial charge in [-0.05, 0) is 129 Å². The summed E-state index contributed by atoms with van der Waals surface area (Å²) in [5.41, 5.74) is 19.4. The lowest BCUT2D eigenvalue weighted by Crippen LogP contribution is -2.34. The van der Waals surface area contributed by atoms with Crippen molar-refractivity contribution in [2.75, 3.05) is 9.80 Å². The zero-order chi connectivity index (χ0) is 45.5. The minimum absolute atomic E-state index is 0.107. The molecule has 11 rings (SSSR count). The van der Waals surface area contributed by atoms with Crippen LogP contribution >= 0.6 is 0 Å². The van der Waals surface area contributed by atoms with Gasteiger partial charge in [0.1, 0.15) is 0 Å². The molecule has 0 heterocycles. The summed E-state index contributed by atoms with van der Waals surface area (Å²) in [6.45, 7) is 0. The molecule has 2 heteroatoms. The average Bonchev–Trinajstić information content (AvgIpc) is 3.43. The van der Waals surface area contributed by atoms with Gasteiger partial charge >= 0.3 is 0 Å². The summed E-state index contributed by atoms with van der Waals surface area (Å²) in [5.74, 6) is 0.365. The van der Waals surface area contributed by atoms with E-state index in [1.165, 1.54) is 72.6 Å². The molecular formula is C66H52N2. The van der Waals surface area contributed by atoms with Gasteiger partial charge in [0.25, 0.3) is 0 Å². The summed E-state index contributed by atoms with van der Waals surface area (Å²) in [7, 11) is 0. The summed E-state index contributed by atoms with van der Waals surface area (Å²) in [6.07, 6.45) is 13.8. The van der Waals surface area contributed by atoms with Crippen molar-refractivity contribution in [3.63, 3.8) is 0 Å². The molecule has 0 radical (unpaired) electrons. The molecule has 2 aliphatic carbocycles. The Morgan fingerprint density at radius 3 is 1.21 bits per heavy atom. The highest BCUT2D eigenvalue weighted by Crippen LogP contribution is 2.42. The highest BCUT2D eigenvalue weighted by molar-refractivity contribution is 5.98. The van der Waals surface area contributed by atoms with Crippen molar-refractivity contribution in [1.29, 1.82) is 0 Å². The van der Waals surface area contributed by atoms with E-state index >= 15 is 0 Å². The lowest BCUT2D eigenvalue weighted by Gasteiger charge is -2.37. The molecule has 0 aromatic heterocycles. The van der Waals surface area contributed by atoms with Crippen molar-refractivity contribution in [2.45, 2.75) is 24.8 Å². The van der Waals surface area contributed by atoms with E-state index in [9.17, 15) is 0 Å². The highest BCUT2D eigenvalue weighted by Gasteiger charge is 2.27. The third kappa shape index (κ3) is 9.05. The first-order valence-corrected chi connectivity index (χ1v) is 23.8. The maximum Gasteiger partial charge on any atom is 0.0566 e. The van der Waals surface area contributed by atoms with E-state index in [4.69, 9.17) is 0 Å². The number of anilines is 4. The zero-order valence-corrected chi connectivity index (χ0v) is 38.0. The molecular weight excluding hydrogens is 821 g/mol. The molecule has 0 fully saturated rings. The largest absolute Gasteiger partial charge is 0.334 e. The molecule has 2 aliphatic rings. The molecule has 0 spiro atoms. The van der Waals surface area contributed by atoms with Crippen LogP contribution in [0.4, 0.5) is 22.7 Å². The third-order valence-corrected chi connectivity index (χ3v) is 13.4. The maximum absolute atomic E-state index is 2.55. The Morgan fingerprint density at radius 1 is 0.324 bits per heavy atom. The number of nitrogens with zero attached hydrogens (tertiary/aromatic N) is 2. The third-order valence-electron chi connectivity index (χ3n) is 13.4. The second kappa shape index (κ2) is 19.6. The molecule has 0 saturated heterocycles. The van der Waals surface area contributed by atoms with Crippen molar-refractivity contribution in [3.8, 4) is 33.4 Å². The number of hydrogen-bond acceptors (Lipinski definition) is 2. The Labute approximate surface area is 401 Å². The minimum atomic E-state index is 0.107. The molecule has 0 saturated carbocycles. The van der Waals surface area contributed by atoms with Crippen LogP contribution < -0.4 is 9.80 Å². The molecule has 0 amide bonds.